The largest absolute Gasteiger partial charge is 0.428 e. The fraction of sp³-hybridized carbons (Fsp3) is 0.600. The minimum Gasteiger partial charge on any atom is -0.428 e. The molecule has 1 rings (SSSR count). The Balaban J connectivity index is 2.05. The van der Waals surface area contributed by atoms with Crippen molar-refractivity contribution >= 4 is 23.0 Å². The fourth-order valence-electron chi connectivity index (χ4n) is 1.99. The molecule has 1 aromatic carbocycles. The highest BCUT2D eigenvalue weighted by Crippen LogP contribution is 2.16. The van der Waals surface area contributed by atoms with E-state index >= 15 is 0 Å². The van der Waals surface area contributed by atoms with Gasteiger partial charge in [0.15, 0.2) is 23.0 Å². The van der Waals surface area contributed by atoms with E-state index in [0.29, 0.717) is 0 Å². The Morgan fingerprint density at radius 2 is 1.47 bits per heavy atom. The molecule has 96 valence electrons. The first-order valence-electron chi connectivity index (χ1n) is 6.74. The van der Waals surface area contributed by atoms with Crippen molar-refractivity contribution in [1.29, 1.82) is 0 Å². The average Bonchev–Trinajstić information content (AvgIpc) is 2.38. The van der Waals surface area contributed by atoms with E-state index in [1.165, 1.54) is 56.9 Å². The number of hydrogen-bond acceptors (Lipinski definition) is 1. The summed E-state index contributed by atoms with van der Waals surface area (Å²) in [4.78, 5) is 0. The number of aryl methyl sites for hydroxylation is 1. The second-order valence-electron chi connectivity index (χ2n) is 4.59. The Morgan fingerprint density at radius 1 is 0.882 bits per heavy atom. The van der Waals surface area contributed by atoms with Crippen LogP contribution in [0.25, 0.3) is 0 Å². The van der Waals surface area contributed by atoms with Gasteiger partial charge in [-0.1, -0.05) is 57.6 Å². The van der Waals surface area contributed by atoms with Crippen molar-refractivity contribution in [3.63, 3.8) is 0 Å². The molecule has 0 unspecified atom stereocenters. The van der Waals surface area contributed by atoms with Gasteiger partial charge in [0.2, 0.25) is 0 Å². The first-order valence-corrected chi connectivity index (χ1v) is 7.62. The van der Waals surface area contributed by atoms with Crippen molar-refractivity contribution < 1.29 is 3.07 Å². The lowest BCUT2D eigenvalue weighted by Crippen LogP contribution is -1.86. The summed E-state index contributed by atoms with van der Waals surface area (Å²) in [5.41, 5.74) is 1.43. The van der Waals surface area contributed by atoms with E-state index in [4.69, 9.17) is 3.07 Å². The van der Waals surface area contributed by atoms with Crippen LogP contribution in [-0.2, 0) is 6.42 Å². The molecule has 0 saturated heterocycles. The smallest absolute Gasteiger partial charge is 0.192 e. The lowest BCUT2D eigenvalue weighted by Gasteiger charge is -2.03. The molecule has 0 atom stereocenters. The lowest BCUT2D eigenvalue weighted by molar-refractivity contribution is 0.589. The van der Waals surface area contributed by atoms with Gasteiger partial charge in [-0.3, -0.25) is 0 Å². The lowest BCUT2D eigenvalue weighted by atomic mass is 10.0. The Kier molecular flexibility index (Phi) is 8.49. The topological polar surface area (TPSA) is 9.23 Å². The molecule has 0 bridgehead atoms. The fourth-order valence-corrected chi connectivity index (χ4v) is 2.29. The van der Waals surface area contributed by atoms with Crippen LogP contribution in [0.1, 0.15) is 57.4 Å². The molecule has 0 N–H and O–H groups in total. The molecular weight excluding hydrogens is 323 g/mol. The zero-order valence-electron chi connectivity index (χ0n) is 10.8. The van der Waals surface area contributed by atoms with Gasteiger partial charge in [-0.05, 0) is 30.5 Å². The maximum atomic E-state index is 5.12. The zero-order chi connectivity index (χ0) is 12.3. The van der Waals surface area contributed by atoms with E-state index in [-0.39, 0.29) is 0 Å². The van der Waals surface area contributed by atoms with Crippen LogP contribution in [0.4, 0.5) is 0 Å². The molecular formula is C15H23IO. The molecule has 17 heavy (non-hydrogen) atoms. The van der Waals surface area contributed by atoms with Crippen LogP contribution in [-0.4, -0.2) is 0 Å². The summed E-state index contributed by atoms with van der Waals surface area (Å²) in [5, 5.41) is 0. The highest BCUT2D eigenvalue weighted by molar-refractivity contribution is 14.1. The van der Waals surface area contributed by atoms with E-state index in [0.717, 1.165) is 5.75 Å². The standard InChI is InChI=1S/C15H23IO/c1-2-3-4-5-6-7-8-9-14-10-12-15(17-16)13-11-14/h10-13H,2-9H2,1H3. The Hall–Kier alpha value is -0.250. The second-order valence-corrected chi connectivity index (χ2v) is 5.03. The summed E-state index contributed by atoms with van der Waals surface area (Å²) >= 11 is 1.92. The Bertz CT molecular complexity index is 281. The van der Waals surface area contributed by atoms with Crippen LogP contribution in [0.2, 0.25) is 0 Å². The SMILES string of the molecule is CCCCCCCCCc1ccc(OI)cc1. The van der Waals surface area contributed by atoms with Crippen molar-refractivity contribution in [3.8, 4) is 5.75 Å². The predicted molar refractivity (Wildman–Crippen MR) is 82.8 cm³/mol. The number of benzene rings is 1. The molecule has 0 fully saturated rings. The van der Waals surface area contributed by atoms with Crippen molar-refractivity contribution in [2.24, 2.45) is 0 Å². The van der Waals surface area contributed by atoms with E-state index in [9.17, 15) is 0 Å². The number of rotatable bonds is 9. The molecule has 0 aliphatic rings. The third-order valence-electron chi connectivity index (χ3n) is 3.08. The first kappa shape index (κ1) is 14.8. The van der Waals surface area contributed by atoms with Gasteiger partial charge < -0.3 is 3.07 Å². The summed E-state index contributed by atoms with van der Waals surface area (Å²) in [7, 11) is 0. The quantitative estimate of drug-likeness (QED) is 0.411. The van der Waals surface area contributed by atoms with Crippen molar-refractivity contribution in [3.05, 3.63) is 29.8 Å². The summed E-state index contributed by atoms with van der Waals surface area (Å²) in [6.07, 6.45) is 10.9. The molecule has 0 amide bonds. The molecule has 0 aliphatic heterocycles. The van der Waals surface area contributed by atoms with Gasteiger partial charge >= 0.3 is 0 Å². The van der Waals surface area contributed by atoms with Gasteiger partial charge in [0.05, 0.1) is 0 Å². The average molecular weight is 346 g/mol. The van der Waals surface area contributed by atoms with Gasteiger partial charge in [0.1, 0.15) is 5.75 Å². The molecule has 1 nitrogen and oxygen atoms in total. The molecule has 0 spiro atoms. The van der Waals surface area contributed by atoms with Gasteiger partial charge in [0, 0.05) is 0 Å². The predicted octanol–water partition coefficient (Wildman–Crippen LogP) is 5.71. The molecule has 0 saturated carbocycles. The van der Waals surface area contributed by atoms with Crippen LogP contribution in [0.15, 0.2) is 24.3 Å². The summed E-state index contributed by atoms with van der Waals surface area (Å²) in [6, 6.07) is 8.43. The van der Waals surface area contributed by atoms with Crippen molar-refractivity contribution in [2.75, 3.05) is 0 Å². The second kappa shape index (κ2) is 9.75. The van der Waals surface area contributed by atoms with Crippen molar-refractivity contribution in [2.45, 2.75) is 58.3 Å². The van der Waals surface area contributed by atoms with E-state index in [1.54, 1.807) is 0 Å². The zero-order valence-corrected chi connectivity index (χ0v) is 12.9. The van der Waals surface area contributed by atoms with Gasteiger partial charge in [-0.15, -0.1) is 0 Å². The molecule has 2 heteroatoms. The highest BCUT2D eigenvalue weighted by Gasteiger charge is 1.96. The molecule has 0 heterocycles. The Labute approximate surface area is 120 Å². The van der Waals surface area contributed by atoms with Gasteiger partial charge in [-0.25, -0.2) is 0 Å². The maximum Gasteiger partial charge on any atom is 0.192 e. The van der Waals surface area contributed by atoms with Crippen LogP contribution in [0, 0.1) is 0 Å². The normalized spacial score (nSPS) is 10.5. The highest BCUT2D eigenvalue weighted by atomic mass is 127. The van der Waals surface area contributed by atoms with Crippen molar-refractivity contribution in [1.82, 2.24) is 0 Å². The van der Waals surface area contributed by atoms with E-state index in [1.807, 2.05) is 35.1 Å². The van der Waals surface area contributed by atoms with E-state index in [2.05, 4.69) is 19.1 Å². The third-order valence-corrected chi connectivity index (χ3v) is 3.59. The molecule has 0 aromatic heterocycles. The van der Waals surface area contributed by atoms with Crippen LogP contribution < -0.4 is 3.07 Å². The number of halogens is 1. The van der Waals surface area contributed by atoms with E-state index < -0.39 is 0 Å². The molecule has 0 aliphatic carbocycles. The third kappa shape index (κ3) is 6.92. The summed E-state index contributed by atoms with van der Waals surface area (Å²) < 4.78 is 5.12. The van der Waals surface area contributed by atoms with Crippen LogP contribution in [0.5, 0.6) is 5.75 Å². The maximum absolute atomic E-state index is 5.12. The summed E-state index contributed by atoms with van der Waals surface area (Å²) in [6.45, 7) is 2.27. The molecule has 0 radical (unpaired) electrons. The molecule has 1 aromatic rings. The monoisotopic (exact) mass is 346 g/mol. The number of hydrogen-bond donors (Lipinski definition) is 0. The van der Waals surface area contributed by atoms with Crippen LogP contribution in [0.3, 0.4) is 0 Å². The first-order chi connectivity index (χ1) is 8.36. The minimum absolute atomic E-state index is 0.939. The van der Waals surface area contributed by atoms with Gasteiger partial charge in [0.25, 0.3) is 0 Å². The summed E-state index contributed by atoms with van der Waals surface area (Å²) in [5.74, 6) is 0.939. The van der Waals surface area contributed by atoms with Crippen LogP contribution >= 0.6 is 23.0 Å². The minimum atomic E-state index is 0.939. The Morgan fingerprint density at radius 3 is 2.06 bits per heavy atom. The van der Waals surface area contributed by atoms with Gasteiger partial charge in [-0.2, -0.15) is 0 Å². The number of unbranched alkanes of at least 4 members (excludes halogenated alkanes) is 6.